The predicted octanol–water partition coefficient (Wildman–Crippen LogP) is 6.68. The highest BCUT2D eigenvalue weighted by Crippen LogP contribution is 2.38. The van der Waals surface area contributed by atoms with Gasteiger partial charge in [0, 0.05) is 21.8 Å². The topological polar surface area (TPSA) is 78.5 Å². The van der Waals surface area contributed by atoms with E-state index in [0.717, 1.165) is 22.9 Å². The molecule has 0 radical (unpaired) electrons. The fourth-order valence-corrected chi connectivity index (χ4v) is 4.97. The molecule has 0 unspecified atom stereocenters. The minimum atomic E-state index is -0.451. The van der Waals surface area contributed by atoms with Gasteiger partial charge < -0.3 is 10.6 Å². The minimum Gasteiger partial charge on any atom is -0.350 e. The number of rotatable bonds is 7. The Kier molecular flexibility index (Phi) is 7.29. The summed E-state index contributed by atoms with van der Waals surface area (Å²) in [7, 11) is 0. The largest absolute Gasteiger partial charge is 0.350 e. The standard InChI is InChI=1S/C31H24FN3O3S/c1-19-6-14-23(15-7-19)33-27-28(31(38)35(30(27)37)25-16-8-20(2)9-17-25)39-26-5-3-4-24(18-26)34-29(36)21-10-12-22(32)13-11-21/h3-18,33H,1-2H3,(H,34,36). The first-order valence-electron chi connectivity index (χ1n) is 12.2. The first-order valence-corrected chi connectivity index (χ1v) is 13.0. The number of thioether (sulfide) groups is 1. The van der Waals surface area contributed by atoms with Gasteiger partial charge in [-0.1, -0.05) is 53.2 Å². The average molecular weight is 538 g/mol. The van der Waals surface area contributed by atoms with Gasteiger partial charge in [-0.25, -0.2) is 9.29 Å². The number of anilines is 3. The Morgan fingerprint density at radius 2 is 1.41 bits per heavy atom. The van der Waals surface area contributed by atoms with Crippen LogP contribution in [0.2, 0.25) is 0 Å². The molecule has 1 aliphatic rings. The van der Waals surface area contributed by atoms with Gasteiger partial charge in [-0.05, 0) is 80.6 Å². The van der Waals surface area contributed by atoms with E-state index in [4.69, 9.17) is 0 Å². The molecule has 0 atom stereocenters. The molecule has 1 aliphatic heterocycles. The Balaban J connectivity index is 1.44. The fourth-order valence-electron chi connectivity index (χ4n) is 3.98. The van der Waals surface area contributed by atoms with Gasteiger partial charge in [0.1, 0.15) is 16.4 Å². The summed E-state index contributed by atoms with van der Waals surface area (Å²) in [6.07, 6.45) is 0. The van der Waals surface area contributed by atoms with Crippen LogP contribution in [0, 0.1) is 19.7 Å². The molecule has 5 rings (SSSR count). The predicted molar refractivity (Wildman–Crippen MR) is 152 cm³/mol. The van der Waals surface area contributed by atoms with Crippen molar-refractivity contribution in [1.82, 2.24) is 0 Å². The summed E-state index contributed by atoms with van der Waals surface area (Å²) in [5.74, 6) is -1.71. The zero-order chi connectivity index (χ0) is 27.5. The second-order valence-electron chi connectivity index (χ2n) is 9.07. The lowest BCUT2D eigenvalue weighted by Crippen LogP contribution is -2.32. The molecule has 0 saturated heterocycles. The van der Waals surface area contributed by atoms with Crippen LogP contribution < -0.4 is 15.5 Å². The number of carbonyl (C=O) groups is 3. The number of amides is 3. The lowest BCUT2D eigenvalue weighted by Gasteiger charge is -2.15. The van der Waals surface area contributed by atoms with Crippen molar-refractivity contribution in [2.24, 2.45) is 0 Å². The third-order valence-electron chi connectivity index (χ3n) is 6.07. The molecule has 0 fully saturated rings. The van der Waals surface area contributed by atoms with Crippen LogP contribution in [-0.2, 0) is 9.59 Å². The van der Waals surface area contributed by atoms with Gasteiger partial charge in [0.25, 0.3) is 17.7 Å². The normalized spacial score (nSPS) is 13.2. The second-order valence-corrected chi connectivity index (χ2v) is 10.2. The molecule has 0 spiro atoms. The van der Waals surface area contributed by atoms with Gasteiger partial charge in [0.15, 0.2) is 0 Å². The molecule has 0 saturated carbocycles. The van der Waals surface area contributed by atoms with Crippen molar-refractivity contribution in [3.63, 3.8) is 0 Å². The number of carbonyl (C=O) groups excluding carboxylic acids is 3. The molecule has 0 bridgehead atoms. The third kappa shape index (κ3) is 5.76. The van der Waals surface area contributed by atoms with Crippen molar-refractivity contribution in [3.8, 4) is 0 Å². The number of nitrogens with zero attached hydrogens (tertiary/aromatic N) is 1. The Hall–Kier alpha value is -4.69. The molecule has 0 aromatic heterocycles. The number of hydrogen-bond acceptors (Lipinski definition) is 5. The van der Waals surface area contributed by atoms with E-state index in [0.29, 0.717) is 27.5 Å². The summed E-state index contributed by atoms with van der Waals surface area (Å²) in [6, 6.07) is 26.9. The Bertz CT molecular complexity index is 1600. The summed E-state index contributed by atoms with van der Waals surface area (Å²) >= 11 is 1.14. The zero-order valence-electron chi connectivity index (χ0n) is 21.2. The van der Waals surface area contributed by atoms with Gasteiger partial charge in [-0.15, -0.1) is 0 Å². The lowest BCUT2D eigenvalue weighted by molar-refractivity contribution is -0.120. The van der Waals surface area contributed by atoms with E-state index in [1.807, 2.05) is 50.2 Å². The molecule has 4 aromatic rings. The molecule has 8 heteroatoms. The number of nitrogens with one attached hydrogen (secondary N) is 2. The quantitative estimate of drug-likeness (QED) is 0.257. The lowest BCUT2D eigenvalue weighted by atomic mass is 10.2. The molecule has 1 heterocycles. The van der Waals surface area contributed by atoms with Crippen LogP contribution in [0.1, 0.15) is 21.5 Å². The van der Waals surface area contributed by atoms with E-state index in [-0.39, 0.29) is 10.6 Å². The number of benzene rings is 4. The van der Waals surface area contributed by atoms with Crippen LogP contribution in [0.25, 0.3) is 0 Å². The van der Waals surface area contributed by atoms with E-state index in [2.05, 4.69) is 10.6 Å². The summed E-state index contributed by atoms with van der Waals surface area (Å²) in [6.45, 7) is 3.90. The van der Waals surface area contributed by atoms with Crippen LogP contribution in [0.15, 0.2) is 113 Å². The molecule has 4 aromatic carbocycles. The third-order valence-corrected chi connectivity index (χ3v) is 7.15. The highest BCUT2D eigenvalue weighted by atomic mass is 32.2. The summed E-state index contributed by atoms with van der Waals surface area (Å²) in [4.78, 5) is 41.8. The highest BCUT2D eigenvalue weighted by Gasteiger charge is 2.40. The monoisotopic (exact) mass is 537 g/mol. The van der Waals surface area contributed by atoms with Gasteiger partial charge in [-0.3, -0.25) is 14.4 Å². The van der Waals surface area contributed by atoms with E-state index < -0.39 is 23.5 Å². The van der Waals surface area contributed by atoms with Crippen molar-refractivity contribution in [2.75, 3.05) is 15.5 Å². The summed E-state index contributed by atoms with van der Waals surface area (Å²) in [5, 5.41) is 5.94. The van der Waals surface area contributed by atoms with Gasteiger partial charge in [-0.2, -0.15) is 0 Å². The SMILES string of the molecule is Cc1ccc(NC2=C(Sc3cccc(NC(=O)c4ccc(F)cc4)c3)C(=O)N(c3ccc(C)cc3)C2=O)cc1. The maximum absolute atomic E-state index is 13.6. The Morgan fingerprint density at radius 1 is 0.769 bits per heavy atom. The van der Waals surface area contributed by atoms with E-state index in [9.17, 15) is 18.8 Å². The fraction of sp³-hybridized carbons (Fsp3) is 0.0645. The van der Waals surface area contributed by atoms with E-state index in [1.54, 1.807) is 36.4 Å². The first kappa shape index (κ1) is 25.9. The van der Waals surface area contributed by atoms with Gasteiger partial charge in [0.2, 0.25) is 0 Å². The number of hydrogen-bond donors (Lipinski definition) is 2. The average Bonchev–Trinajstić information content (AvgIpc) is 3.15. The molecular formula is C31H24FN3O3S. The highest BCUT2D eigenvalue weighted by molar-refractivity contribution is 8.04. The van der Waals surface area contributed by atoms with Crippen molar-refractivity contribution in [1.29, 1.82) is 0 Å². The van der Waals surface area contributed by atoms with Crippen molar-refractivity contribution in [2.45, 2.75) is 18.7 Å². The van der Waals surface area contributed by atoms with Gasteiger partial charge in [0.05, 0.1) is 5.69 Å². The smallest absolute Gasteiger partial charge is 0.283 e. The van der Waals surface area contributed by atoms with Crippen LogP contribution in [0.4, 0.5) is 21.5 Å². The Labute approximate surface area is 229 Å². The molecule has 2 N–H and O–H groups in total. The number of imide groups is 1. The zero-order valence-corrected chi connectivity index (χ0v) is 22.0. The maximum Gasteiger partial charge on any atom is 0.283 e. The number of halogens is 1. The number of aryl methyl sites for hydroxylation is 2. The molecule has 6 nitrogen and oxygen atoms in total. The minimum absolute atomic E-state index is 0.176. The van der Waals surface area contributed by atoms with E-state index in [1.165, 1.54) is 29.2 Å². The molecule has 3 amide bonds. The van der Waals surface area contributed by atoms with Gasteiger partial charge >= 0.3 is 0 Å². The van der Waals surface area contributed by atoms with Crippen molar-refractivity contribution < 1.29 is 18.8 Å². The molecule has 194 valence electrons. The molecule has 39 heavy (non-hydrogen) atoms. The van der Waals surface area contributed by atoms with Crippen LogP contribution in [0.3, 0.4) is 0 Å². The van der Waals surface area contributed by atoms with Crippen LogP contribution >= 0.6 is 11.8 Å². The molecular weight excluding hydrogens is 513 g/mol. The summed E-state index contributed by atoms with van der Waals surface area (Å²) in [5.41, 5.74) is 4.23. The van der Waals surface area contributed by atoms with Crippen LogP contribution in [-0.4, -0.2) is 17.7 Å². The maximum atomic E-state index is 13.6. The molecule has 0 aliphatic carbocycles. The second kappa shape index (κ2) is 11.0. The summed E-state index contributed by atoms with van der Waals surface area (Å²) < 4.78 is 13.2. The van der Waals surface area contributed by atoms with Crippen molar-refractivity contribution >= 4 is 46.5 Å². The Morgan fingerprint density at radius 3 is 2.08 bits per heavy atom. The van der Waals surface area contributed by atoms with Crippen molar-refractivity contribution in [3.05, 3.63) is 130 Å². The first-order chi connectivity index (χ1) is 18.8. The van der Waals surface area contributed by atoms with Crippen LogP contribution in [0.5, 0.6) is 0 Å². The van der Waals surface area contributed by atoms with E-state index >= 15 is 0 Å².